The number of amides is 3. The van der Waals surface area contributed by atoms with Crippen molar-refractivity contribution in [2.45, 2.75) is 53.2 Å². The lowest BCUT2D eigenvalue weighted by Gasteiger charge is -2.21. The van der Waals surface area contributed by atoms with Gasteiger partial charge in [-0.15, -0.1) is 53.3 Å². The van der Waals surface area contributed by atoms with Crippen LogP contribution in [0, 0.1) is 0 Å². The SMILES string of the molecule is CC(Sc1nnc(-c2csc(-c3ccc(NC(=O)CSc4nnc(-c5ccsc5)n4C(F)(F)c4ccccc4)cc3)c2)n1C(C)c1ccccc1)C(=O)Nc1cccc(-c2cc(-c3nnc(SCC(=O)Nc4ccccc4)n3Cc3ccc(N(C)C)cc3)cs2)c1. The van der Waals surface area contributed by atoms with Crippen molar-refractivity contribution in [2.75, 3.05) is 46.5 Å². The van der Waals surface area contributed by atoms with Crippen molar-refractivity contribution in [3.05, 3.63) is 220 Å². The van der Waals surface area contributed by atoms with Crippen LogP contribution in [-0.4, -0.2) is 92.9 Å². The zero-order valence-electron chi connectivity index (χ0n) is 49.3. The molecule has 3 amide bonds. The lowest BCUT2D eigenvalue weighted by Crippen LogP contribution is -2.26. The molecular formula is C67H57F2N13O3S6. The highest BCUT2D eigenvalue weighted by molar-refractivity contribution is 8.00. The van der Waals surface area contributed by atoms with Crippen molar-refractivity contribution in [1.29, 1.82) is 0 Å². The third-order valence-corrected chi connectivity index (χ3v) is 20.2. The van der Waals surface area contributed by atoms with Crippen LogP contribution >= 0.6 is 69.3 Å². The normalized spacial score (nSPS) is 12.2. The number of hydrogen-bond donors (Lipinski definition) is 3. The summed E-state index contributed by atoms with van der Waals surface area (Å²) in [5, 5.41) is 44.1. The second-order valence-corrected chi connectivity index (χ2v) is 26.9. The minimum Gasteiger partial charge on any atom is -0.378 e. The van der Waals surface area contributed by atoms with Crippen LogP contribution in [-0.2, 0) is 27.0 Å². The number of carbonyl (C=O) groups is 3. The molecule has 0 radical (unpaired) electrons. The lowest BCUT2D eigenvalue weighted by atomic mass is 10.1. The molecular weight excluding hydrogens is 1270 g/mol. The molecule has 6 aromatic carbocycles. The summed E-state index contributed by atoms with van der Waals surface area (Å²) in [7, 11) is 4.01. The Labute approximate surface area is 548 Å². The van der Waals surface area contributed by atoms with Crippen LogP contribution in [0.3, 0.4) is 0 Å². The van der Waals surface area contributed by atoms with Crippen LogP contribution in [0.25, 0.3) is 55.0 Å². The molecule has 3 N–H and O–H groups in total. The number of anilines is 4. The van der Waals surface area contributed by atoms with Crippen LogP contribution in [0.1, 0.15) is 36.6 Å². The van der Waals surface area contributed by atoms with Gasteiger partial charge in [-0.05, 0) is 108 Å². The van der Waals surface area contributed by atoms with E-state index in [9.17, 15) is 14.4 Å². The number of aromatic nitrogens is 9. The van der Waals surface area contributed by atoms with Crippen molar-refractivity contribution in [2.24, 2.45) is 0 Å². The number of thiophene rings is 3. The molecule has 6 aromatic heterocycles. The molecule has 0 saturated carbocycles. The van der Waals surface area contributed by atoms with Gasteiger partial charge in [0.25, 0.3) is 0 Å². The first-order chi connectivity index (χ1) is 44.2. The average Bonchev–Trinajstić information content (AvgIpc) is 1.73. The molecule has 0 bridgehead atoms. The summed E-state index contributed by atoms with van der Waals surface area (Å²) >= 11 is 8.00. The molecule has 0 fully saturated rings. The number of carbonyl (C=O) groups excluding carboxylic acids is 3. The average molecular weight is 1320 g/mol. The number of nitrogens with one attached hydrogen (secondary N) is 3. The molecule has 24 heteroatoms. The van der Waals surface area contributed by atoms with Crippen LogP contribution in [0.5, 0.6) is 0 Å². The number of para-hydroxylation sites is 1. The Balaban J connectivity index is 0.712. The van der Waals surface area contributed by atoms with E-state index in [4.69, 9.17) is 10.2 Å². The van der Waals surface area contributed by atoms with Gasteiger partial charge in [-0.1, -0.05) is 151 Å². The summed E-state index contributed by atoms with van der Waals surface area (Å²) in [6.45, 7) is 4.43. The molecule has 0 aliphatic carbocycles. The monoisotopic (exact) mass is 1320 g/mol. The minimum atomic E-state index is -3.49. The third kappa shape index (κ3) is 14.4. The maximum Gasteiger partial charge on any atom is 0.359 e. The maximum absolute atomic E-state index is 16.2. The van der Waals surface area contributed by atoms with Gasteiger partial charge in [0.2, 0.25) is 17.7 Å². The van der Waals surface area contributed by atoms with Gasteiger partial charge in [0, 0.05) is 85.0 Å². The fraction of sp³-hybridized carbons (Fsp3) is 0.149. The van der Waals surface area contributed by atoms with Crippen molar-refractivity contribution < 1.29 is 23.2 Å². The third-order valence-electron chi connectivity index (χ3n) is 14.6. The Hall–Kier alpha value is -9.04. The molecule has 2 atom stereocenters. The van der Waals surface area contributed by atoms with Gasteiger partial charge < -0.3 is 20.9 Å². The number of hydrogen-bond acceptors (Lipinski definition) is 16. The number of alkyl halides is 2. The lowest BCUT2D eigenvalue weighted by molar-refractivity contribution is -0.115. The molecule has 2 unspecified atom stereocenters. The maximum atomic E-state index is 16.2. The fourth-order valence-corrected chi connectivity index (χ4v) is 14.7. The number of benzene rings is 6. The van der Waals surface area contributed by atoms with E-state index in [0.29, 0.717) is 45.4 Å². The Morgan fingerprint density at radius 1 is 0.549 bits per heavy atom. The molecule has 458 valence electrons. The van der Waals surface area contributed by atoms with Crippen molar-refractivity contribution in [1.82, 2.24) is 44.3 Å². The van der Waals surface area contributed by atoms with E-state index >= 15 is 8.78 Å². The zero-order valence-corrected chi connectivity index (χ0v) is 54.2. The first-order valence-corrected chi connectivity index (χ1v) is 34.2. The van der Waals surface area contributed by atoms with E-state index in [1.165, 1.54) is 58.3 Å². The van der Waals surface area contributed by atoms with E-state index in [-0.39, 0.29) is 45.9 Å². The first-order valence-electron chi connectivity index (χ1n) is 28.6. The minimum absolute atomic E-state index is 0.00486. The number of rotatable bonds is 24. The van der Waals surface area contributed by atoms with Crippen LogP contribution in [0.4, 0.5) is 31.5 Å². The van der Waals surface area contributed by atoms with Gasteiger partial charge in [-0.3, -0.25) is 23.5 Å². The van der Waals surface area contributed by atoms with Crippen LogP contribution in [0.15, 0.2) is 219 Å². The number of halogens is 2. The number of thioether (sulfide) groups is 3. The second kappa shape index (κ2) is 28.0. The quantitative estimate of drug-likeness (QED) is 0.0486. The summed E-state index contributed by atoms with van der Waals surface area (Å²) in [6, 6.07) is 52.6. The molecule has 12 aromatic rings. The Morgan fingerprint density at radius 2 is 1.13 bits per heavy atom. The van der Waals surface area contributed by atoms with E-state index in [1.807, 2.05) is 116 Å². The van der Waals surface area contributed by atoms with E-state index in [0.717, 1.165) is 70.8 Å². The highest BCUT2D eigenvalue weighted by Gasteiger charge is 2.40. The molecule has 12 rings (SSSR count). The first kappa shape index (κ1) is 62.2. The van der Waals surface area contributed by atoms with Gasteiger partial charge in [-0.25, -0.2) is 4.57 Å². The van der Waals surface area contributed by atoms with E-state index < -0.39 is 17.2 Å². The van der Waals surface area contributed by atoms with Gasteiger partial charge >= 0.3 is 6.05 Å². The largest absolute Gasteiger partial charge is 0.378 e. The Morgan fingerprint density at radius 3 is 1.80 bits per heavy atom. The smallest absolute Gasteiger partial charge is 0.359 e. The van der Waals surface area contributed by atoms with Crippen LogP contribution < -0.4 is 20.9 Å². The topological polar surface area (TPSA) is 183 Å². The molecule has 16 nitrogen and oxygen atoms in total. The molecule has 91 heavy (non-hydrogen) atoms. The molecule has 0 saturated heterocycles. The van der Waals surface area contributed by atoms with Crippen molar-refractivity contribution >= 4 is 110 Å². The van der Waals surface area contributed by atoms with Gasteiger partial charge in [0.05, 0.1) is 29.3 Å². The zero-order chi connectivity index (χ0) is 63.0. The van der Waals surface area contributed by atoms with Gasteiger partial charge in [0.15, 0.2) is 32.9 Å². The predicted molar refractivity (Wildman–Crippen MR) is 366 cm³/mol. The summed E-state index contributed by atoms with van der Waals surface area (Å²) in [5.74, 6) is 0.518. The summed E-state index contributed by atoms with van der Waals surface area (Å²) < 4.78 is 37.2. The molecule has 0 aliphatic rings. The predicted octanol–water partition coefficient (Wildman–Crippen LogP) is 15.9. The molecule has 6 heterocycles. The Kier molecular flexibility index (Phi) is 19.1. The van der Waals surface area contributed by atoms with Gasteiger partial charge in [-0.2, -0.15) is 20.1 Å². The highest BCUT2D eigenvalue weighted by Crippen LogP contribution is 2.41. The molecule has 0 spiro atoms. The molecule has 0 aliphatic heterocycles. The Bertz CT molecular complexity index is 4460. The second-order valence-electron chi connectivity index (χ2n) is 21.1. The fourth-order valence-electron chi connectivity index (χ4n) is 9.89. The highest BCUT2D eigenvalue weighted by atomic mass is 32.2. The van der Waals surface area contributed by atoms with E-state index in [2.05, 4.69) is 107 Å². The summed E-state index contributed by atoms with van der Waals surface area (Å²) in [5.41, 5.74) is 8.88. The van der Waals surface area contributed by atoms with Crippen molar-refractivity contribution in [3.8, 4) is 55.0 Å². The number of nitrogens with zero attached hydrogens (tertiary/aromatic N) is 10. The van der Waals surface area contributed by atoms with Gasteiger partial charge in [0.1, 0.15) is 0 Å². The summed E-state index contributed by atoms with van der Waals surface area (Å²) in [4.78, 5) is 44.5. The van der Waals surface area contributed by atoms with E-state index in [1.54, 1.807) is 58.5 Å². The van der Waals surface area contributed by atoms with Crippen molar-refractivity contribution in [3.63, 3.8) is 0 Å². The standard InChI is InChI=1S/C67H57F2N13O3S6/c1-42(45-15-8-5-9-16-45)81-61(50-35-56(87-39-50)46-25-27-53(28-26-46)71-59(84)41-90-66-78-75-62(48-31-32-86-37-48)82(66)67(68,69)51-18-10-6-11-19-51)74-77-65(81)91-43(2)63(85)72-54-22-14-17-47(33-54)57-34-49(38-88-57)60-73-76-64(89-40-58(83)70-52-20-12-7-13-21-52)80(60)36-44-23-29-55(30-24-44)79(3)4/h5-35,37-39,42-43H,36,40-41H2,1-4H3,(H,70,83)(H,71,84)(H,72,85). The summed E-state index contributed by atoms with van der Waals surface area (Å²) in [6.07, 6.45) is 0. The van der Waals surface area contributed by atoms with Crippen LogP contribution in [0.2, 0.25) is 0 Å².